The van der Waals surface area contributed by atoms with E-state index in [0.29, 0.717) is 5.69 Å². The van der Waals surface area contributed by atoms with E-state index in [9.17, 15) is 22.8 Å². The highest BCUT2D eigenvalue weighted by atomic mass is 32.2. The lowest BCUT2D eigenvalue weighted by Gasteiger charge is -2.16. The molecule has 0 fully saturated rings. The first-order valence-corrected chi connectivity index (χ1v) is 12.3. The van der Waals surface area contributed by atoms with Crippen LogP contribution < -0.4 is 25.6 Å². The van der Waals surface area contributed by atoms with Gasteiger partial charge in [0.15, 0.2) is 5.75 Å². The molecule has 0 aliphatic rings. The maximum Gasteiger partial charge on any atom is 0.324 e. The number of carbonyl (C=O) groups is 1. The SMILES string of the molecule is C=N.CCOc1c(Nc2cccc(-c3ccc(C[C@H](NS(C)(=O)=O)C(=O)OC)cc3)c2)c(=O)c1=O. The minimum atomic E-state index is -3.59. The molecule has 3 aromatic carbocycles. The molecule has 0 saturated heterocycles. The number of sulfonamides is 1. The molecule has 10 nitrogen and oxygen atoms in total. The average molecular weight is 502 g/mol. The summed E-state index contributed by atoms with van der Waals surface area (Å²) in [7, 11) is -2.39. The van der Waals surface area contributed by atoms with Crippen LogP contribution in [0, 0.1) is 5.41 Å². The Hall–Kier alpha value is -3.83. The molecule has 0 bridgehead atoms. The van der Waals surface area contributed by atoms with Gasteiger partial charge in [-0.25, -0.2) is 13.1 Å². The van der Waals surface area contributed by atoms with Gasteiger partial charge >= 0.3 is 5.97 Å². The minimum absolute atomic E-state index is 0.0418. The molecule has 3 N–H and O–H groups in total. The number of hydrogen-bond acceptors (Lipinski definition) is 9. The van der Waals surface area contributed by atoms with Crippen molar-refractivity contribution in [2.75, 3.05) is 25.3 Å². The second kappa shape index (κ2) is 12.0. The number of benzene rings is 2. The molecule has 0 saturated carbocycles. The lowest BCUT2D eigenvalue weighted by Crippen LogP contribution is -2.42. The molecule has 0 heterocycles. The lowest BCUT2D eigenvalue weighted by atomic mass is 10.0. The normalized spacial score (nSPS) is 11.7. The molecule has 0 aromatic heterocycles. The van der Waals surface area contributed by atoms with Crippen LogP contribution >= 0.6 is 0 Å². The highest BCUT2D eigenvalue weighted by Crippen LogP contribution is 2.27. The molecular weight excluding hydrogens is 474 g/mol. The molecule has 0 spiro atoms. The Kier molecular flexibility index (Phi) is 9.43. The second-order valence-electron chi connectivity index (χ2n) is 7.37. The van der Waals surface area contributed by atoms with Crippen LogP contribution in [0.3, 0.4) is 0 Å². The molecule has 0 aliphatic heterocycles. The van der Waals surface area contributed by atoms with E-state index in [1.54, 1.807) is 31.2 Å². The van der Waals surface area contributed by atoms with Crippen molar-refractivity contribution in [1.82, 2.24) is 4.72 Å². The summed E-state index contributed by atoms with van der Waals surface area (Å²) in [6, 6.07) is 13.5. The van der Waals surface area contributed by atoms with Crippen molar-refractivity contribution >= 4 is 34.1 Å². The van der Waals surface area contributed by atoms with E-state index in [-0.39, 0.29) is 24.5 Å². The Morgan fingerprint density at radius 2 is 1.71 bits per heavy atom. The summed E-state index contributed by atoms with van der Waals surface area (Å²) >= 11 is 0. The van der Waals surface area contributed by atoms with Crippen LogP contribution in [0.15, 0.2) is 58.1 Å². The maximum absolute atomic E-state index is 11.9. The van der Waals surface area contributed by atoms with Gasteiger partial charge in [0, 0.05) is 5.69 Å². The predicted molar refractivity (Wildman–Crippen MR) is 135 cm³/mol. The van der Waals surface area contributed by atoms with Gasteiger partial charge in [-0.3, -0.25) is 14.4 Å². The molecule has 0 amide bonds. The molecule has 0 radical (unpaired) electrons. The molecule has 3 rings (SSSR count). The largest absolute Gasteiger partial charge is 0.488 e. The van der Waals surface area contributed by atoms with Crippen LogP contribution in [0.4, 0.5) is 11.4 Å². The van der Waals surface area contributed by atoms with E-state index in [0.717, 1.165) is 22.9 Å². The Bertz CT molecular complexity index is 1340. The summed E-state index contributed by atoms with van der Waals surface area (Å²) < 4.78 is 35.3. The predicted octanol–water partition coefficient (Wildman–Crippen LogP) is 1.99. The zero-order valence-electron chi connectivity index (χ0n) is 19.6. The van der Waals surface area contributed by atoms with Gasteiger partial charge in [0.2, 0.25) is 10.0 Å². The van der Waals surface area contributed by atoms with Crippen molar-refractivity contribution in [1.29, 1.82) is 5.41 Å². The van der Waals surface area contributed by atoms with Crippen molar-refractivity contribution < 1.29 is 22.7 Å². The van der Waals surface area contributed by atoms with Gasteiger partial charge < -0.3 is 20.2 Å². The fourth-order valence-electron chi connectivity index (χ4n) is 3.33. The zero-order chi connectivity index (χ0) is 26.2. The summed E-state index contributed by atoms with van der Waals surface area (Å²) in [5.41, 5.74) is 1.96. The Morgan fingerprint density at radius 3 is 2.29 bits per heavy atom. The Balaban J connectivity index is 0.00000210. The van der Waals surface area contributed by atoms with Crippen LogP contribution in [0.5, 0.6) is 5.75 Å². The van der Waals surface area contributed by atoms with E-state index in [4.69, 9.17) is 10.1 Å². The van der Waals surface area contributed by atoms with Crippen molar-refractivity contribution in [2.45, 2.75) is 19.4 Å². The van der Waals surface area contributed by atoms with Gasteiger partial charge in [0.1, 0.15) is 11.7 Å². The first kappa shape index (κ1) is 27.4. The highest BCUT2D eigenvalue weighted by Gasteiger charge is 2.24. The van der Waals surface area contributed by atoms with Crippen molar-refractivity contribution in [3.8, 4) is 16.9 Å². The van der Waals surface area contributed by atoms with Crippen LogP contribution in [-0.2, 0) is 26.0 Å². The lowest BCUT2D eigenvalue weighted by molar-refractivity contribution is -0.142. The maximum atomic E-state index is 11.9. The summed E-state index contributed by atoms with van der Waals surface area (Å²) in [4.78, 5) is 35.4. The first-order chi connectivity index (χ1) is 16.6. The molecule has 11 heteroatoms. The number of nitrogens with one attached hydrogen (secondary N) is 3. The molecule has 0 unspecified atom stereocenters. The number of ether oxygens (including phenoxy) is 2. The minimum Gasteiger partial charge on any atom is -0.488 e. The Labute approximate surface area is 203 Å². The molecule has 35 heavy (non-hydrogen) atoms. The topological polar surface area (TPSA) is 152 Å². The van der Waals surface area contributed by atoms with Gasteiger partial charge in [-0.1, -0.05) is 36.4 Å². The van der Waals surface area contributed by atoms with Crippen molar-refractivity contribution in [3.63, 3.8) is 0 Å². The summed E-state index contributed by atoms with van der Waals surface area (Å²) in [6.07, 6.45) is 1.11. The van der Waals surface area contributed by atoms with Crippen LogP contribution in [0.25, 0.3) is 11.1 Å². The molecule has 3 aromatic rings. The number of methoxy groups -OCH3 is 1. The molecule has 1 atom stereocenters. The third-order valence-corrected chi connectivity index (χ3v) is 5.57. The highest BCUT2D eigenvalue weighted by molar-refractivity contribution is 7.88. The van der Waals surface area contributed by atoms with Gasteiger partial charge in [-0.15, -0.1) is 0 Å². The number of rotatable bonds is 10. The number of anilines is 2. The third kappa shape index (κ3) is 7.08. The zero-order valence-corrected chi connectivity index (χ0v) is 20.4. The van der Waals surface area contributed by atoms with Gasteiger partial charge in [0.25, 0.3) is 10.9 Å². The smallest absolute Gasteiger partial charge is 0.324 e. The fraction of sp³-hybridized carbons (Fsp3) is 0.250. The summed E-state index contributed by atoms with van der Waals surface area (Å²) in [5, 5.41) is 8.45. The standard InChI is InChI=1S/C23H24N2O7S.CH3N/c1-4-32-22-19(20(26)21(22)27)24-17-7-5-6-16(13-17)15-10-8-14(9-11-15)12-18(23(28)31-2)25-33(3,29)30;1-2/h5-11,13,18,24-25H,4,12H2,1-3H3;2H,1H2/t18-;/m0./s1. The van der Waals surface area contributed by atoms with Gasteiger partial charge in [-0.05, 0) is 48.9 Å². The van der Waals surface area contributed by atoms with Crippen LogP contribution in [-0.4, -0.2) is 47.1 Å². The van der Waals surface area contributed by atoms with E-state index < -0.39 is 32.9 Å². The van der Waals surface area contributed by atoms with Gasteiger partial charge in [-0.2, -0.15) is 0 Å². The fourth-order valence-corrected chi connectivity index (χ4v) is 4.03. The van der Waals surface area contributed by atoms with Crippen molar-refractivity contribution in [2.24, 2.45) is 0 Å². The van der Waals surface area contributed by atoms with E-state index in [2.05, 4.69) is 21.5 Å². The van der Waals surface area contributed by atoms with Crippen LogP contribution in [0.2, 0.25) is 0 Å². The monoisotopic (exact) mass is 501 g/mol. The van der Waals surface area contributed by atoms with Gasteiger partial charge in [0.05, 0.1) is 20.0 Å². The number of esters is 1. The van der Waals surface area contributed by atoms with Crippen molar-refractivity contribution in [3.05, 3.63) is 74.5 Å². The molecular formula is C24H27N3O7S. The summed E-state index contributed by atoms with van der Waals surface area (Å²) in [5.74, 6) is -0.631. The summed E-state index contributed by atoms with van der Waals surface area (Å²) in [6.45, 7) is 4.51. The molecule has 186 valence electrons. The number of carbonyl (C=O) groups excluding carboxylic acids is 1. The van der Waals surface area contributed by atoms with E-state index in [1.807, 2.05) is 24.3 Å². The molecule has 0 aliphatic carbocycles. The third-order valence-electron chi connectivity index (χ3n) is 4.86. The average Bonchev–Trinajstić information content (AvgIpc) is 2.86. The quantitative estimate of drug-likeness (QED) is 0.217. The van der Waals surface area contributed by atoms with E-state index >= 15 is 0 Å². The second-order valence-corrected chi connectivity index (χ2v) is 9.15. The van der Waals surface area contributed by atoms with Crippen LogP contribution in [0.1, 0.15) is 12.5 Å². The Morgan fingerprint density at radius 1 is 1.06 bits per heavy atom. The number of hydrogen-bond donors (Lipinski definition) is 3. The van der Waals surface area contributed by atoms with E-state index in [1.165, 1.54) is 7.11 Å². The first-order valence-electron chi connectivity index (χ1n) is 10.5.